The van der Waals surface area contributed by atoms with E-state index < -0.39 is 10.7 Å². The minimum atomic E-state index is -2.44. The maximum absolute atomic E-state index is 10.7. The summed E-state index contributed by atoms with van der Waals surface area (Å²) in [7, 11) is -2.44. The Morgan fingerprint density at radius 1 is 1.27 bits per heavy atom. The largest absolute Gasteiger partial charge is 0.256 e. The van der Waals surface area contributed by atoms with E-state index in [1.165, 1.54) is 0 Å². The van der Waals surface area contributed by atoms with Gasteiger partial charge in [0.25, 0.3) is 0 Å². The van der Waals surface area contributed by atoms with E-state index in [-0.39, 0.29) is 5.75 Å². The van der Waals surface area contributed by atoms with Gasteiger partial charge in [0.2, 0.25) is 0 Å². The van der Waals surface area contributed by atoms with Gasteiger partial charge >= 0.3 is 0 Å². The molecule has 3 nitrogen and oxygen atoms in total. The van der Waals surface area contributed by atoms with Gasteiger partial charge in [0, 0.05) is 11.6 Å². The SMILES string of the molecule is O=[SH](=O)Cc1cccc2c(Cl)ccnc12. The number of nitrogens with zero attached hydrogens (tertiary/aromatic N) is 1. The van der Waals surface area contributed by atoms with Crippen LogP contribution < -0.4 is 0 Å². The molecule has 5 heteroatoms. The van der Waals surface area contributed by atoms with E-state index in [9.17, 15) is 8.42 Å². The molecule has 0 radical (unpaired) electrons. The van der Waals surface area contributed by atoms with E-state index in [1.54, 1.807) is 24.4 Å². The van der Waals surface area contributed by atoms with Gasteiger partial charge in [-0.3, -0.25) is 4.98 Å². The predicted octanol–water partition coefficient (Wildman–Crippen LogP) is 2.00. The van der Waals surface area contributed by atoms with Crippen LogP contribution in [-0.4, -0.2) is 13.4 Å². The van der Waals surface area contributed by atoms with Crippen LogP contribution in [0.25, 0.3) is 10.9 Å². The van der Waals surface area contributed by atoms with Gasteiger partial charge in [0.15, 0.2) is 0 Å². The smallest absolute Gasteiger partial charge is 0.144 e. The van der Waals surface area contributed by atoms with E-state index in [4.69, 9.17) is 11.6 Å². The van der Waals surface area contributed by atoms with Crippen LogP contribution in [0.3, 0.4) is 0 Å². The number of benzene rings is 1. The highest BCUT2D eigenvalue weighted by molar-refractivity contribution is 7.71. The predicted molar refractivity (Wildman–Crippen MR) is 60.8 cm³/mol. The van der Waals surface area contributed by atoms with Crippen molar-refractivity contribution in [3.63, 3.8) is 0 Å². The summed E-state index contributed by atoms with van der Waals surface area (Å²) in [5.74, 6) is 0.0000154. The Morgan fingerprint density at radius 3 is 2.80 bits per heavy atom. The van der Waals surface area contributed by atoms with E-state index in [0.29, 0.717) is 16.1 Å². The first-order valence-electron chi connectivity index (χ1n) is 4.32. The fourth-order valence-corrected chi connectivity index (χ4v) is 2.21. The van der Waals surface area contributed by atoms with Crippen molar-refractivity contribution < 1.29 is 8.42 Å². The van der Waals surface area contributed by atoms with Crippen molar-refractivity contribution in [1.82, 2.24) is 4.98 Å². The standard InChI is InChI=1S/C10H8ClNO2S/c11-9-4-5-12-10-7(6-15(13)14)2-1-3-8(9)10/h1-5,15H,6H2. The Labute approximate surface area is 93.7 Å². The molecule has 0 aliphatic rings. The topological polar surface area (TPSA) is 47.0 Å². The highest BCUT2D eigenvalue weighted by Gasteiger charge is 2.05. The molecule has 2 aromatic rings. The molecule has 15 heavy (non-hydrogen) atoms. The number of hydrogen-bond donors (Lipinski definition) is 1. The first-order valence-corrected chi connectivity index (χ1v) is 6.06. The van der Waals surface area contributed by atoms with Crippen LogP contribution in [0.1, 0.15) is 5.56 Å². The fraction of sp³-hybridized carbons (Fsp3) is 0.100. The van der Waals surface area contributed by atoms with Gasteiger partial charge in [0.1, 0.15) is 10.7 Å². The minimum absolute atomic E-state index is 0.0000154. The van der Waals surface area contributed by atoms with Gasteiger partial charge in [-0.2, -0.15) is 0 Å². The molecule has 0 N–H and O–H groups in total. The van der Waals surface area contributed by atoms with E-state index >= 15 is 0 Å². The lowest BCUT2D eigenvalue weighted by Gasteiger charge is -2.03. The molecule has 0 unspecified atom stereocenters. The van der Waals surface area contributed by atoms with Crippen molar-refractivity contribution >= 4 is 33.2 Å². The van der Waals surface area contributed by atoms with E-state index in [1.807, 2.05) is 6.07 Å². The van der Waals surface area contributed by atoms with E-state index in [0.717, 1.165) is 5.39 Å². The number of para-hydroxylation sites is 1. The highest BCUT2D eigenvalue weighted by atomic mass is 35.5. The summed E-state index contributed by atoms with van der Waals surface area (Å²) in [5, 5.41) is 1.37. The highest BCUT2D eigenvalue weighted by Crippen LogP contribution is 2.24. The van der Waals surface area contributed by atoms with Crippen LogP contribution in [0, 0.1) is 0 Å². The Morgan fingerprint density at radius 2 is 2.07 bits per heavy atom. The van der Waals surface area contributed by atoms with Crippen molar-refractivity contribution in [1.29, 1.82) is 0 Å². The molecule has 0 spiro atoms. The van der Waals surface area contributed by atoms with Crippen molar-refractivity contribution in [2.45, 2.75) is 5.75 Å². The molecule has 0 fully saturated rings. The Kier molecular flexibility index (Phi) is 2.88. The average Bonchev–Trinajstić information content (AvgIpc) is 2.19. The lowest BCUT2D eigenvalue weighted by atomic mass is 10.1. The molecule has 0 aliphatic carbocycles. The van der Waals surface area contributed by atoms with Gasteiger partial charge in [-0.05, 0) is 11.6 Å². The molecule has 0 saturated carbocycles. The first kappa shape index (κ1) is 10.4. The molecule has 1 aromatic heterocycles. The first-order chi connectivity index (χ1) is 7.18. The second-order valence-corrected chi connectivity index (χ2v) is 4.49. The zero-order chi connectivity index (χ0) is 10.8. The van der Waals surface area contributed by atoms with Gasteiger partial charge in [-0.15, -0.1) is 0 Å². The second kappa shape index (κ2) is 4.16. The van der Waals surface area contributed by atoms with Crippen molar-refractivity contribution in [2.24, 2.45) is 0 Å². The number of aromatic nitrogens is 1. The van der Waals surface area contributed by atoms with Crippen LogP contribution in [0.15, 0.2) is 30.5 Å². The number of thiol groups is 1. The molecule has 0 amide bonds. The summed E-state index contributed by atoms with van der Waals surface area (Å²) in [6.45, 7) is 0. The summed E-state index contributed by atoms with van der Waals surface area (Å²) in [6.07, 6.45) is 1.58. The lowest BCUT2D eigenvalue weighted by Crippen LogP contribution is -1.91. The summed E-state index contributed by atoms with van der Waals surface area (Å²) in [5.41, 5.74) is 1.34. The Balaban J connectivity index is 2.71. The molecular weight excluding hydrogens is 234 g/mol. The molecule has 0 bridgehead atoms. The maximum atomic E-state index is 10.7. The molecule has 2 rings (SSSR count). The summed E-state index contributed by atoms with van der Waals surface area (Å²) in [4.78, 5) is 4.14. The molecule has 1 aromatic carbocycles. The number of hydrogen-bond acceptors (Lipinski definition) is 3. The average molecular weight is 242 g/mol. The Bertz CT molecular complexity index is 573. The van der Waals surface area contributed by atoms with Crippen LogP contribution in [-0.2, 0) is 16.5 Å². The van der Waals surface area contributed by atoms with Gasteiger partial charge in [-0.1, -0.05) is 29.8 Å². The number of pyridine rings is 1. The quantitative estimate of drug-likeness (QED) is 0.818. The molecule has 0 atom stereocenters. The van der Waals surface area contributed by atoms with Gasteiger partial charge < -0.3 is 0 Å². The number of rotatable bonds is 2. The third kappa shape index (κ3) is 2.11. The Hall–Kier alpha value is -1.13. The van der Waals surface area contributed by atoms with Crippen molar-refractivity contribution in [3.8, 4) is 0 Å². The molecular formula is C10H8ClNO2S. The van der Waals surface area contributed by atoms with Crippen LogP contribution in [0.2, 0.25) is 5.02 Å². The summed E-state index contributed by atoms with van der Waals surface area (Å²) < 4.78 is 21.3. The second-order valence-electron chi connectivity index (χ2n) is 3.10. The van der Waals surface area contributed by atoms with Gasteiger partial charge in [0.05, 0.1) is 16.3 Å². The fourth-order valence-electron chi connectivity index (χ4n) is 1.47. The number of halogens is 1. The van der Waals surface area contributed by atoms with Crippen LogP contribution in [0.4, 0.5) is 0 Å². The molecule has 0 aliphatic heterocycles. The van der Waals surface area contributed by atoms with Crippen molar-refractivity contribution in [3.05, 3.63) is 41.0 Å². The zero-order valence-corrected chi connectivity index (χ0v) is 9.33. The minimum Gasteiger partial charge on any atom is -0.256 e. The summed E-state index contributed by atoms with van der Waals surface area (Å²) in [6, 6.07) is 7.04. The van der Waals surface area contributed by atoms with E-state index in [2.05, 4.69) is 4.98 Å². The number of fused-ring (bicyclic) bond motifs is 1. The zero-order valence-electron chi connectivity index (χ0n) is 7.68. The molecule has 0 saturated heterocycles. The normalized spacial score (nSPS) is 11.1. The summed E-state index contributed by atoms with van der Waals surface area (Å²) >= 11 is 5.97. The maximum Gasteiger partial charge on any atom is 0.144 e. The van der Waals surface area contributed by atoms with Crippen LogP contribution in [0.5, 0.6) is 0 Å². The monoisotopic (exact) mass is 241 g/mol. The third-order valence-corrected chi connectivity index (χ3v) is 3.03. The molecule has 78 valence electrons. The lowest BCUT2D eigenvalue weighted by molar-refractivity contribution is 0.614. The van der Waals surface area contributed by atoms with Crippen molar-refractivity contribution in [2.75, 3.05) is 0 Å². The third-order valence-electron chi connectivity index (χ3n) is 2.10. The van der Waals surface area contributed by atoms with Gasteiger partial charge in [-0.25, -0.2) is 8.42 Å². The molecule has 1 heterocycles. The van der Waals surface area contributed by atoms with Crippen LogP contribution >= 0.6 is 11.6 Å².